The Morgan fingerprint density at radius 2 is 2.15 bits per heavy atom. The van der Waals surface area contributed by atoms with E-state index in [1.165, 1.54) is 10.7 Å². The van der Waals surface area contributed by atoms with Gasteiger partial charge in [0.1, 0.15) is 12.2 Å². The number of hydrogen-bond acceptors (Lipinski definition) is 11. The lowest BCUT2D eigenvalue weighted by Gasteiger charge is -2.45. The first-order chi connectivity index (χ1) is 19.4. The molecule has 2 aromatic heterocycles. The van der Waals surface area contributed by atoms with Gasteiger partial charge in [-0.2, -0.15) is 20.0 Å². The second-order valence-electron chi connectivity index (χ2n) is 10.2. The maximum absolute atomic E-state index is 12.9. The molecular weight excluding hydrogens is 536 g/mol. The summed E-state index contributed by atoms with van der Waals surface area (Å²) < 4.78 is 12.8. The number of hydrogen-bond donors (Lipinski definition) is 2. The van der Waals surface area contributed by atoms with Gasteiger partial charge in [-0.05, 0) is 38.8 Å². The highest BCUT2D eigenvalue weighted by atomic mass is 35.5. The molecule has 1 aromatic carbocycles. The molecule has 5 heterocycles. The third-order valence-corrected chi connectivity index (χ3v) is 8.22. The smallest absolute Gasteiger partial charge is 0.411 e. The first kappa shape index (κ1) is 25.9. The van der Waals surface area contributed by atoms with Crippen LogP contribution in [-0.2, 0) is 9.47 Å². The lowest BCUT2D eigenvalue weighted by Crippen LogP contribution is -2.60. The molecule has 2 N–H and O–H groups in total. The summed E-state index contributed by atoms with van der Waals surface area (Å²) in [4.78, 5) is 25.6. The van der Waals surface area contributed by atoms with E-state index in [0.29, 0.717) is 72.7 Å². The first-order valence-corrected chi connectivity index (χ1v) is 13.5. The summed E-state index contributed by atoms with van der Waals surface area (Å²) in [6.45, 7) is 6.76. The van der Waals surface area contributed by atoms with E-state index < -0.39 is 5.54 Å². The van der Waals surface area contributed by atoms with Crippen LogP contribution in [0.25, 0.3) is 5.65 Å². The number of carbonyl (C=O) groups excluding carboxylic acids is 1. The van der Waals surface area contributed by atoms with Gasteiger partial charge >= 0.3 is 6.09 Å². The number of carbonyl (C=O) groups is 1. The summed E-state index contributed by atoms with van der Waals surface area (Å²) in [6.07, 6.45) is 2.21. The first-order valence-electron chi connectivity index (χ1n) is 13.1. The predicted molar refractivity (Wildman–Crippen MR) is 146 cm³/mol. The van der Waals surface area contributed by atoms with Crippen molar-refractivity contribution in [1.29, 1.82) is 10.5 Å². The number of nitriles is 2. The fraction of sp³-hybridized carbons (Fsp3) is 0.462. The molecule has 3 saturated heterocycles. The standard InChI is InChI=1S/C26H27ClN10O3/c1-3-30-22-23-31-12-17(11-29)37(23)34-24(33-22)32-18-8-15(10-28)9-19(21(18)27)35-6-5-26(2)20(13-35)40-25(38)36(26)16-4-7-39-14-16/h8-9,12,16,20H,3-7,13-14H2,1-2H3,(H2,30,32,33,34). The van der Waals surface area contributed by atoms with Crippen molar-refractivity contribution in [3.05, 3.63) is 34.6 Å². The van der Waals surface area contributed by atoms with Crippen LogP contribution in [0.1, 0.15) is 37.9 Å². The second kappa shape index (κ2) is 10.0. The molecule has 6 rings (SSSR count). The second-order valence-corrected chi connectivity index (χ2v) is 10.6. The van der Waals surface area contributed by atoms with E-state index in [9.17, 15) is 15.3 Å². The number of aromatic nitrogens is 4. The minimum absolute atomic E-state index is 0.0110. The van der Waals surface area contributed by atoms with Crippen molar-refractivity contribution in [3.63, 3.8) is 0 Å². The highest BCUT2D eigenvalue weighted by Crippen LogP contribution is 2.43. The largest absolute Gasteiger partial charge is 0.442 e. The van der Waals surface area contributed by atoms with Crippen molar-refractivity contribution < 1.29 is 14.3 Å². The van der Waals surface area contributed by atoms with Gasteiger partial charge in [-0.25, -0.2) is 9.78 Å². The Bertz CT molecular complexity index is 1570. The number of ether oxygens (including phenoxy) is 2. The molecule has 3 fully saturated rings. The third kappa shape index (κ3) is 4.18. The van der Waals surface area contributed by atoms with Crippen LogP contribution in [0.5, 0.6) is 0 Å². The Morgan fingerprint density at radius 1 is 1.30 bits per heavy atom. The van der Waals surface area contributed by atoms with Crippen LogP contribution in [0, 0.1) is 22.7 Å². The number of halogens is 1. The zero-order valence-electron chi connectivity index (χ0n) is 22.0. The molecule has 3 unspecified atom stereocenters. The molecular formula is C26H27ClN10O3. The Hall–Kier alpha value is -4.33. The topological polar surface area (TPSA) is 157 Å². The van der Waals surface area contributed by atoms with Crippen LogP contribution >= 0.6 is 11.6 Å². The van der Waals surface area contributed by atoms with E-state index in [1.54, 1.807) is 12.1 Å². The zero-order valence-corrected chi connectivity index (χ0v) is 22.8. The van der Waals surface area contributed by atoms with Crippen molar-refractivity contribution in [3.8, 4) is 12.1 Å². The Labute approximate surface area is 235 Å². The summed E-state index contributed by atoms with van der Waals surface area (Å²) in [7, 11) is 0. The summed E-state index contributed by atoms with van der Waals surface area (Å²) in [5.41, 5.74) is 1.66. The number of nitrogens with zero attached hydrogens (tertiary/aromatic N) is 8. The van der Waals surface area contributed by atoms with Gasteiger partial charge in [-0.3, -0.25) is 4.90 Å². The molecule has 3 atom stereocenters. The van der Waals surface area contributed by atoms with E-state index in [4.69, 9.17) is 21.1 Å². The third-order valence-electron chi connectivity index (χ3n) is 7.82. The van der Waals surface area contributed by atoms with Crippen molar-refractivity contribution in [2.45, 2.75) is 44.4 Å². The average Bonchev–Trinajstić information content (AvgIpc) is 3.67. The quantitative estimate of drug-likeness (QED) is 0.454. The molecule has 3 aliphatic heterocycles. The molecule has 0 saturated carbocycles. The predicted octanol–water partition coefficient (Wildman–Crippen LogP) is 3.27. The molecule has 3 aliphatic rings. The molecule has 0 radical (unpaired) electrons. The minimum Gasteiger partial charge on any atom is -0.442 e. The van der Waals surface area contributed by atoms with Crippen LogP contribution in [0.4, 0.5) is 27.9 Å². The van der Waals surface area contributed by atoms with Crippen LogP contribution in [0.3, 0.4) is 0 Å². The minimum atomic E-state index is -0.457. The van der Waals surface area contributed by atoms with Crippen LogP contribution in [-0.4, -0.2) is 81.1 Å². The highest BCUT2D eigenvalue weighted by molar-refractivity contribution is 6.36. The fourth-order valence-electron chi connectivity index (χ4n) is 5.76. The number of benzene rings is 1. The molecule has 14 heteroatoms. The normalized spacial score (nSPS) is 24.0. The Balaban J connectivity index is 1.31. The SMILES string of the molecule is CCNc1nc(Nc2cc(C#N)cc(N3CCC4(C)C(C3)OC(=O)N4C3CCOC3)c2Cl)nn2c(C#N)cnc12. The lowest BCUT2D eigenvalue weighted by molar-refractivity contribution is 0.0685. The molecule has 40 heavy (non-hydrogen) atoms. The summed E-state index contributed by atoms with van der Waals surface area (Å²) in [5, 5.41) is 30.3. The van der Waals surface area contributed by atoms with Gasteiger partial charge < -0.3 is 25.0 Å². The van der Waals surface area contributed by atoms with Crippen LogP contribution in [0.15, 0.2) is 18.3 Å². The Kier molecular flexibility index (Phi) is 6.49. The zero-order chi connectivity index (χ0) is 28.0. The van der Waals surface area contributed by atoms with Crippen molar-refractivity contribution in [1.82, 2.24) is 24.5 Å². The fourth-order valence-corrected chi connectivity index (χ4v) is 6.04. The van der Waals surface area contributed by atoms with Gasteiger partial charge in [0.05, 0.1) is 59.0 Å². The monoisotopic (exact) mass is 562 g/mol. The van der Waals surface area contributed by atoms with Crippen molar-refractivity contribution >= 4 is 46.5 Å². The molecule has 0 bridgehead atoms. The van der Waals surface area contributed by atoms with Gasteiger partial charge in [-0.1, -0.05) is 11.6 Å². The molecule has 13 nitrogen and oxygen atoms in total. The van der Waals surface area contributed by atoms with E-state index >= 15 is 0 Å². The number of fused-ring (bicyclic) bond motifs is 2. The van der Waals surface area contributed by atoms with E-state index in [-0.39, 0.29) is 29.9 Å². The average molecular weight is 563 g/mol. The van der Waals surface area contributed by atoms with Crippen molar-refractivity contribution in [2.75, 3.05) is 48.4 Å². The molecule has 3 aromatic rings. The molecule has 0 spiro atoms. The highest BCUT2D eigenvalue weighted by Gasteiger charge is 2.56. The maximum Gasteiger partial charge on any atom is 0.411 e. The Morgan fingerprint density at radius 3 is 2.88 bits per heavy atom. The van der Waals surface area contributed by atoms with Crippen LogP contribution < -0.4 is 15.5 Å². The number of anilines is 4. The van der Waals surface area contributed by atoms with Gasteiger partial charge in [0.25, 0.3) is 0 Å². The number of nitrogens with one attached hydrogen (secondary N) is 2. The number of amides is 1. The maximum atomic E-state index is 12.9. The lowest BCUT2D eigenvalue weighted by atomic mass is 9.84. The number of rotatable bonds is 6. The van der Waals surface area contributed by atoms with Gasteiger partial charge in [0.2, 0.25) is 5.95 Å². The molecule has 206 valence electrons. The summed E-state index contributed by atoms with van der Waals surface area (Å²) in [6, 6.07) is 7.63. The van der Waals surface area contributed by atoms with E-state index in [0.717, 1.165) is 6.42 Å². The van der Waals surface area contributed by atoms with Crippen LogP contribution in [0.2, 0.25) is 5.02 Å². The van der Waals surface area contributed by atoms with Gasteiger partial charge in [0, 0.05) is 19.7 Å². The van der Waals surface area contributed by atoms with E-state index in [2.05, 4.69) is 44.8 Å². The number of imidazole rings is 1. The van der Waals surface area contributed by atoms with Crippen molar-refractivity contribution in [2.24, 2.45) is 0 Å². The van der Waals surface area contributed by atoms with Gasteiger partial charge in [0.15, 0.2) is 17.2 Å². The summed E-state index contributed by atoms with van der Waals surface area (Å²) >= 11 is 6.93. The number of piperidine rings is 1. The molecule has 0 aliphatic carbocycles. The summed E-state index contributed by atoms with van der Waals surface area (Å²) in [5.74, 6) is 0.621. The van der Waals surface area contributed by atoms with E-state index in [1.807, 2.05) is 16.7 Å². The van der Waals surface area contributed by atoms with Gasteiger partial charge in [-0.15, -0.1) is 5.10 Å². The molecule has 1 amide bonds.